The molecule has 6 nitrogen and oxygen atoms in total. The first-order chi connectivity index (χ1) is 8.96. The lowest BCUT2D eigenvalue weighted by molar-refractivity contribution is -0.144. The lowest BCUT2D eigenvalue weighted by Gasteiger charge is -2.12. The Morgan fingerprint density at radius 1 is 1.37 bits per heavy atom. The van der Waals surface area contributed by atoms with E-state index in [-0.39, 0.29) is 12.5 Å². The Balaban J connectivity index is 4.80. The van der Waals surface area contributed by atoms with Crippen molar-refractivity contribution < 1.29 is 19.1 Å². The first kappa shape index (κ1) is 17.1. The Kier molecular flexibility index (Phi) is 8.18. The number of nitriles is 1. The van der Waals surface area contributed by atoms with E-state index in [1.54, 1.807) is 13.0 Å². The van der Waals surface area contributed by atoms with Crippen LogP contribution in [0.1, 0.15) is 27.2 Å². The minimum absolute atomic E-state index is 0.192. The van der Waals surface area contributed by atoms with E-state index in [4.69, 9.17) is 10.00 Å². The van der Waals surface area contributed by atoms with Crippen LogP contribution in [-0.4, -0.2) is 37.9 Å². The van der Waals surface area contributed by atoms with Crippen molar-refractivity contribution >= 4 is 18.2 Å². The van der Waals surface area contributed by atoms with Crippen LogP contribution in [0.25, 0.3) is 0 Å². The van der Waals surface area contributed by atoms with Crippen LogP contribution in [0.2, 0.25) is 0 Å². The van der Waals surface area contributed by atoms with E-state index >= 15 is 0 Å². The normalized spacial score (nSPS) is 13.9. The summed E-state index contributed by atoms with van der Waals surface area (Å²) < 4.78 is 9.36. The second kappa shape index (κ2) is 9.09. The van der Waals surface area contributed by atoms with Gasteiger partial charge in [0.15, 0.2) is 5.92 Å². The average molecular weight is 268 g/mol. The minimum Gasteiger partial charge on any atom is -0.467 e. The SMILES string of the molecule is CCOC(=O)[C@H](C#N)C=N[C@H](CC(C)C)C(=O)OC. The molecule has 106 valence electrons. The standard InChI is InChI=1S/C13H20N2O4/c1-5-19-12(16)10(7-14)8-15-11(6-9(2)3)13(17)18-4/h8-11H,5-6H2,1-4H3/t10-,11-/m1/s1. The summed E-state index contributed by atoms with van der Waals surface area (Å²) in [7, 11) is 1.28. The van der Waals surface area contributed by atoms with Gasteiger partial charge >= 0.3 is 11.9 Å². The molecule has 2 atom stereocenters. The molecule has 0 aliphatic rings. The molecule has 0 aromatic heterocycles. The van der Waals surface area contributed by atoms with Crippen LogP contribution in [-0.2, 0) is 19.1 Å². The van der Waals surface area contributed by atoms with E-state index in [0.29, 0.717) is 6.42 Å². The highest BCUT2D eigenvalue weighted by molar-refractivity contribution is 5.93. The van der Waals surface area contributed by atoms with Gasteiger partial charge in [-0.3, -0.25) is 9.79 Å². The maximum absolute atomic E-state index is 11.5. The zero-order chi connectivity index (χ0) is 14.8. The van der Waals surface area contributed by atoms with Gasteiger partial charge in [-0.25, -0.2) is 4.79 Å². The summed E-state index contributed by atoms with van der Waals surface area (Å²) in [6.45, 7) is 5.73. The van der Waals surface area contributed by atoms with Crippen LogP contribution in [0.4, 0.5) is 0 Å². The molecule has 0 radical (unpaired) electrons. The van der Waals surface area contributed by atoms with Crippen molar-refractivity contribution in [1.29, 1.82) is 5.26 Å². The summed E-state index contributed by atoms with van der Waals surface area (Å²) in [4.78, 5) is 26.9. The van der Waals surface area contributed by atoms with Crippen molar-refractivity contribution in [3.8, 4) is 6.07 Å². The third-order valence-electron chi connectivity index (χ3n) is 2.26. The van der Waals surface area contributed by atoms with Gasteiger partial charge in [-0.15, -0.1) is 0 Å². The number of hydrogen-bond donors (Lipinski definition) is 0. The molecule has 0 aromatic carbocycles. The summed E-state index contributed by atoms with van der Waals surface area (Å²) in [5.74, 6) is -2.00. The molecule has 0 bridgehead atoms. The molecule has 19 heavy (non-hydrogen) atoms. The predicted octanol–water partition coefficient (Wildman–Crippen LogP) is 1.35. The molecule has 0 fully saturated rings. The first-order valence-corrected chi connectivity index (χ1v) is 6.13. The summed E-state index contributed by atoms with van der Waals surface area (Å²) in [5, 5.41) is 8.86. The predicted molar refractivity (Wildman–Crippen MR) is 69.5 cm³/mol. The molecule has 0 amide bonds. The van der Waals surface area contributed by atoms with Gasteiger partial charge in [0.05, 0.1) is 19.8 Å². The van der Waals surface area contributed by atoms with Crippen molar-refractivity contribution in [2.75, 3.05) is 13.7 Å². The fourth-order valence-electron chi connectivity index (χ4n) is 1.37. The minimum atomic E-state index is -1.10. The maximum atomic E-state index is 11.5. The van der Waals surface area contributed by atoms with E-state index in [2.05, 4.69) is 9.73 Å². The van der Waals surface area contributed by atoms with Crippen LogP contribution in [0.5, 0.6) is 0 Å². The van der Waals surface area contributed by atoms with Gasteiger partial charge in [-0.2, -0.15) is 5.26 Å². The van der Waals surface area contributed by atoms with Crippen molar-refractivity contribution in [2.45, 2.75) is 33.2 Å². The topological polar surface area (TPSA) is 88.8 Å². The molecule has 0 aliphatic heterocycles. The number of ether oxygens (including phenoxy) is 2. The quantitative estimate of drug-likeness (QED) is 0.513. The summed E-state index contributed by atoms with van der Waals surface area (Å²) in [6.07, 6.45) is 1.64. The lowest BCUT2D eigenvalue weighted by Crippen LogP contribution is -2.24. The smallest absolute Gasteiger partial charge is 0.330 e. The number of nitrogens with zero attached hydrogens (tertiary/aromatic N) is 2. The van der Waals surface area contributed by atoms with E-state index in [1.165, 1.54) is 7.11 Å². The van der Waals surface area contributed by atoms with Crippen molar-refractivity contribution in [3.05, 3.63) is 0 Å². The van der Waals surface area contributed by atoms with Crippen molar-refractivity contribution in [1.82, 2.24) is 0 Å². The van der Waals surface area contributed by atoms with E-state index in [0.717, 1.165) is 6.21 Å². The van der Waals surface area contributed by atoms with Crippen LogP contribution < -0.4 is 0 Å². The van der Waals surface area contributed by atoms with E-state index in [1.807, 2.05) is 13.8 Å². The van der Waals surface area contributed by atoms with Crippen LogP contribution >= 0.6 is 0 Å². The van der Waals surface area contributed by atoms with Gasteiger partial charge < -0.3 is 9.47 Å². The number of hydrogen-bond acceptors (Lipinski definition) is 6. The molecule has 0 aliphatic carbocycles. The molecular formula is C13H20N2O4. The molecular weight excluding hydrogens is 248 g/mol. The van der Waals surface area contributed by atoms with Gasteiger partial charge in [-0.05, 0) is 19.3 Å². The maximum Gasteiger partial charge on any atom is 0.330 e. The lowest BCUT2D eigenvalue weighted by atomic mass is 10.0. The average Bonchev–Trinajstić information content (AvgIpc) is 2.37. The fourth-order valence-corrected chi connectivity index (χ4v) is 1.37. The molecule has 0 N–H and O–H groups in total. The molecule has 0 spiro atoms. The Morgan fingerprint density at radius 2 is 2.00 bits per heavy atom. The van der Waals surface area contributed by atoms with Gasteiger partial charge in [-0.1, -0.05) is 13.8 Å². The summed E-state index contributed by atoms with van der Waals surface area (Å²) in [5.41, 5.74) is 0. The zero-order valence-corrected chi connectivity index (χ0v) is 11.8. The fraction of sp³-hybridized carbons (Fsp3) is 0.692. The molecule has 0 saturated carbocycles. The first-order valence-electron chi connectivity index (χ1n) is 6.13. The van der Waals surface area contributed by atoms with E-state index < -0.39 is 23.9 Å². The molecule has 0 heterocycles. The Bertz CT molecular complexity index is 371. The number of methoxy groups -OCH3 is 1. The third-order valence-corrected chi connectivity index (χ3v) is 2.26. The Morgan fingerprint density at radius 3 is 2.42 bits per heavy atom. The molecule has 0 aromatic rings. The highest BCUT2D eigenvalue weighted by Gasteiger charge is 2.21. The van der Waals surface area contributed by atoms with Gasteiger partial charge in [0, 0.05) is 6.21 Å². The number of rotatable bonds is 7. The molecule has 0 saturated heterocycles. The highest BCUT2D eigenvalue weighted by Crippen LogP contribution is 2.10. The summed E-state index contributed by atoms with van der Waals surface area (Å²) >= 11 is 0. The second-order valence-corrected chi connectivity index (χ2v) is 4.33. The Labute approximate surface area is 113 Å². The largest absolute Gasteiger partial charge is 0.467 e. The van der Waals surface area contributed by atoms with E-state index in [9.17, 15) is 9.59 Å². The van der Waals surface area contributed by atoms with Crippen molar-refractivity contribution in [3.63, 3.8) is 0 Å². The molecule has 0 rings (SSSR count). The third kappa shape index (κ3) is 6.55. The second-order valence-electron chi connectivity index (χ2n) is 4.33. The van der Waals surface area contributed by atoms with Crippen LogP contribution in [0.15, 0.2) is 4.99 Å². The van der Waals surface area contributed by atoms with Crippen molar-refractivity contribution in [2.24, 2.45) is 16.8 Å². The number of carbonyl (C=O) groups excluding carboxylic acids is 2. The monoisotopic (exact) mass is 268 g/mol. The zero-order valence-electron chi connectivity index (χ0n) is 11.8. The number of esters is 2. The van der Waals surface area contributed by atoms with Gasteiger partial charge in [0.2, 0.25) is 0 Å². The Hall–Kier alpha value is -1.90. The molecule has 0 unspecified atom stereocenters. The highest BCUT2D eigenvalue weighted by atomic mass is 16.5. The number of aliphatic imine (C=N–C) groups is 1. The van der Waals surface area contributed by atoms with Gasteiger partial charge in [0.1, 0.15) is 6.04 Å². The van der Waals surface area contributed by atoms with Crippen LogP contribution in [0.3, 0.4) is 0 Å². The molecule has 6 heteroatoms. The number of carbonyl (C=O) groups is 2. The van der Waals surface area contributed by atoms with Crippen LogP contribution in [0, 0.1) is 23.2 Å². The van der Waals surface area contributed by atoms with Gasteiger partial charge in [0.25, 0.3) is 0 Å². The summed E-state index contributed by atoms with van der Waals surface area (Å²) in [6, 6.07) is 1.08.